The Morgan fingerprint density at radius 1 is 1.12 bits per heavy atom. The van der Waals surface area contributed by atoms with Crippen molar-refractivity contribution >= 4 is 33.6 Å². The van der Waals surface area contributed by atoms with E-state index in [1.165, 1.54) is 7.11 Å². The number of nitrogens with zero attached hydrogens (tertiary/aromatic N) is 2. The zero-order valence-electron chi connectivity index (χ0n) is 18.6. The van der Waals surface area contributed by atoms with E-state index in [0.717, 1.165) is 28.2 Å². The standard InChI is InChI=1S/C23H23N3O6S/c1-13-25-17-8-5-14(9-19(17)32-13)12-31-21-20(23(27)30-4)22(33-26-21)24-11-15-6-7-16(28-2)10-18(15)29-3/h5-10,24H,11-12H2,1-4H3. The summed E-state index contributed by atoms with van der Waals surface area (Å²) in [6, 6.07) is 11.1. The number of nitrogens with one attached hydrogen (secondary N) is 1. The maximum atomic E-state index is 12.5. The van der Waals surface area contributed by atoms with E-state index in [1.807, 2.05) is 30.3 Å². The lowest BCUT2D eigenvalue weighted by atomic mass is 10.2. The highest BCUT2D eigenvalue weighted by Crippen LogP contribution is 2.33. The van der Waals surface area contributed by atoms with Gasteiger partial charge in [-0.3, -0.25) is 0 Å². The summed E-state index contributed by atoms with van der Waals surface area (Å²) >= 11 is 1.12. The summed E-state index contributed by atoms with van der Waals surface area (Å²) in [5.74, 6) is 1.62. The number of aromatic nitrogens is 2. The zero-order chi connectivity index (χ0) is 23.4. The average molecular weight is 470 g/mol. The van der Waals surface area contributed by atoms with E-state index in [9.17, 15) is 4.79 Å². The fourth-order valence-corrected chi connectivity index (χ4v) is 3.99. The van der Waals surface area contributed by atoms with Crippen LogP contribution in [0.5, 0.6) is 17.4 Å². The topological polar surface area (TPSA) is 105 Å². The molecular formula is C23H23N3O6S. The van der Waals surface area contributed by atoms with E-state index in [2.05, 4.69) is 14.7 Å². The Morgan fingerprint density at radius 3 is 2.73 bits per heavy atom. The van der Waals surface area contributed by atoms with Crippen LogP contribution in [0.1, 0.15) is 27.4 Å². The molecule has 2 heterocycles. The number of fused-ring (bicyclic) bond motifs is 1. The highest BCUT2D eigenvalue weighted by molar-refractivity contribution is 7.10. The number of rotatable bonds is 9. The molecule has 0 radical (unpaired) electrons. The average Bonchev–Trinajstić information content (AvgIpc) is 3.42. The van der Waals surface area contributed by atoms with Crippen molar-refractivity contribution in [2.45, 2.75) is 20.1 Å². The summed E-state index contributed by atoms with van der Waals surface area (Å²) < 4.78 is 31.4. The number of oxazole rings is 1. The Balaban J connectivity index is 1.51. The van der Waals surface area contributed by atoms with Gasteiger partial charge in [0.25, 0.3) is 0 Å². The number of ether oxygens (including phenoxy) is 4. The predicted octanol–water partition coefficient (Wildman–Crippen LogP) is 4.59. The molecule has 2 aromatic heterocycles. The van der Waals surface area contributed by atoms with Gasteiger partial charge >= 0.3 is 5.97 Å². The first kappa shape index (κ1) is 22.4. The summed E-state index contributed by atoms with van der Waals surface area (Å²) in [6.07, 6.45) is 0. The molecule has 9 nitrogen and oxygen atoms in total. The van der Waals surface area contributed by atoms with Crippen LogP contribution in [-0.2, 0) is 17.9 Å². The number of anilines is 1. The van der Waals surface area contributed by atoms with Crippen LogP contribution in [0.4, 0.5) is 5.00 Å². The third kappa shape index (κ3) is 4.85. The van der Waals surface area contributed by atoms with Gasteiger partial charge in [0, 0.05) is 25.1 Å². The van der Waals surface area contributed by atoms with E-state index < -0.39 is 5.97 Å². The molecule has 0 saturated heterocycles. The smallest absolute Gasteiger partial charge is 0.346 e. The van der Waals surface area contributed by atoms with Crippen LogP contribution in [0.3, 0.4) is 0 Å². The lowest BCUT2D eigenvalue weighted by molar-refractivity contribution is 0.0596. The van der Waals surface area contributed by atoms with Crippen LogP contribution in [0.15, 0.2) is 40.8 Å². The van der Waals surface area contributed by atoms with Crippen molar-refractivity contribution in [1.82, 2.24) is 9.36 Å². The van der Waals surface area contributed by atoms with Crippen molar-refractivity contribution in [3.05, 3.63) is 59.0 Å². The number of benzene rings is 2. The summed E-state index contributed by atoms with van der Waals surface area (Å²) in [5, 5.41) is 3.77. The Bertz CT molecular complexity index is 1280. The van der Waals surface area contributed by atoms with Crippen LogP contribution in [0.25, 0.3) is 11.1 Å². The van der Waals surface area contributed by atoms with Gasteiger partial charge in [-0.2, -0.15) is 4.37 Å². The van der Waals surface area contributed by atoms with Crippen molar-refractivity contribution in [1.29, 1.82) is 0 Å². The van der Waals surface area contributed by atoms with Crippen molar-refractivity contribution in [2.75, 3.05) is 26.6 Å². The highest BCUT2D eigenvalue weighted by Gasteiger charge is 2.23. The maximum absolute atomic E-state index is 12.5. The summed E-state index contributed by atoms with van der Waals surface area (Å²) in [4.78, 5) is 16.8. The number of methoxy groups -OCH3 is 3. The molecule has 4 rings (SSSR count). The largest absolute Gasteiger partial charge is 0.497 e. The molecule has 172 valence electrons. The van der Waals surface area contributed by atoms with E-state index in [-0.39, 0.29) is 18.1 Å². The van der Waals surface area contributed by atoms with E-state index >= 15 is 0 Å². The summed E-state index contributed by atoms with van der Waals surface area (Å²) in [6.45, 7) is 2.40. The van der Waals surface area contributed by atoms with Gasteiger partial charge in [0.15, 0.2) is 17.0 Å². The second-order valence-corrected chi connectivity index (χ2v) is 7.81. The molecule has 0 atom stereocenters. The molecule has 0 aliphatic carbocycles. The minimum Gasteiger partial charge on any atom is -0.497 e. The van der Waals surface area contributed by atoms with Crippen LogP contribution < -0.4 is 19.5 Å². The molecule has 2 aromatic carbocycles. The van der Waals surface area contributed by atoms with Crippen LogP contribution >= 0.6 is 11.5 Å². The first-order valence-electron chi connectivity index (χ1n) is 10.0. The fraction of sp³-hybridized carbons (Fsp3) is 0.261. The number of esters is 1. The van der Waals surface area contributed by atoms with Crippen molar-refractivity contribution in [3.8, 4) is 17.4 Å². The molecule has 10 heteroatoms. The van der Waals surface area contributed by atoms with Gasteiger partial charge < -0.3 is 28.7 Å². The Labute approximate surface area is 194 Å². The maximum Gasteiger partial charge on any atom is 0.346 e. The zero-order valence-corrected chi connectivity index (χ0v) is 19.4. The molecule has 0 bridgehead atoms. The minimum atomic E-state index is -0.538. The molecule has 0 amide bonds. The second kappa shape index (κ2) is 9.78. The molecule has 0 unspecified atom stereocenters. The van der Waals surface area contributed by atoms with Gasteiger partial charge in [-0.25, -0.2) is 9.78 Å². The van der Waals surface area contributed by atoms with Crippen LogP contribution in [-0.4, -0.2) is 36.7 Å². The monoisotopic (exact) mass is 469 g/mol. The van der Waals surface area contributed by atoms with E-state index in [4.69, 9.17) is 23.4 Å². The first-order valence-corrected chi connectivity index (χ1v) is 10.8. The molecule has 0 spiro atoms. The molecule has 33 heavy (non-hydrogen) atoms. The highest BCUT2D eigenvalue weighted by atomic mass is 32.1. The first-order chi connectivity index (χ1) is 16.0. The molecule has 4 aromatic rings. The van der Waals surface area contributed by atoms with Gasteiger partial charge in [-0.05, 0) is 41.4 Å². The number of aryl methyl sites for hydroxylation is 1. The molecule has 0 fully saturated rings. The third-order valence-electron chi connectivity index (χ3n) is 4.92. The summed E-state index contributed by atoms with van der Waals surface area (Å²) in [7, 11) is 4.51. The third-order valence-corrected chi connectivity index (χ3v) is 5.71. The van der Waals surface area contributed by atoms with Gasteiger partial charge in [-0.1, -0.05) is 6.07 Å². The van der Waals surface area contributed by atoms with Gasteiger partial charge in [0.2, 0.25) is 5.88 Å². The van der Waals surface area contributed by atoms with Crippen molar-refractivity contribution in [2.24, 2.45) is 0 Å². The number of hydrogen-bond acceptors (Lipinski definition) is 10. The number of hydrogen-bond donors (Lipinski definition) is 1. The minimum absolute atomic E-state index is 0.199. The Morgan fingerprint density at radius 2 is 1.97 bits per heavy atom. The van der Waals surface area contributed by atoms with Crippen LogP contribution in [0.2, 0.25) is 0 Å². The van der Waals surface area contributed by atoms with Crippen molar-refractivity contribution < 1.29 is 28.2 Å². The van der Waals surface area contributed by atoms with E-state index in [1.54, 1.807) is 27.2 Å². The Hall–Kier alpha value is -3.79. The van der Waals surface area contributed by atoms with Gasteiger partial charge in [0.05, 0.1) is 21.3 Å². The number of carbonyl (C=O) groups excluding carboxylic acids is 1. The van der Waals surface area contributed by atoms with Crippen LogP contribution in [0, 0.1) is 6.92 Å². The fourth-order valence-electron chi connectivity index (χ4n) is 3.28. The van der Waals surface area contributed by atoms with E-state index in [0.29, 0.717) is 34.5 Å². The van der Waals surface area contributed by atoms with Gasteiger partial charge in [0.1, 0.15) is 28.6 Å². The SMILES string of the molecule is COC(=O)c1c(OCc2ccc3nc(C)oc3c2)nsc1NCc1ccc(OC)cc1OC. The quantitative estimate of drug-likeness (QED) is 0.352. The predicted molar refractivity (Wildman–Crippen MR) is 123 cm³/mol. The molecule has 1 N–H and O–H groups in total. The molecule has 0 aliphatic heterocycles. The molecular weight excluding hydrogens is 446 g/mol. The Kier molecular flexibility index (Phi) is 6.64. The second-order valence-electron chi connectivity index (χ2n) is 7.04. The van der Waals surface area contributed by atoms with Gasteiger partial charge in [-0.15, -0.1) is 0 Å². The number of carbonyl (C=O) groups is 1. The molecule has 0 saturated carbocycles. The lowest BCUT2D eigenvalue weighted by Crippen LogP contribution is -2.09. The molecule has 0 aliphatic rings. The summed E-state index contributed by atoms with van der Waals surface area (Å²) in [5.41, 5.74) is 3.45. The normalized spacial score (nSPS) is 10.8. The lowest BCUT2D eigenvalue weighted by Gasteiger charge is -2.12. The van der Waals surface area contributed by atoms with Crippen molar-refractivity contribution in [3.63, 3.8) is 0 Å².